The van der Waals surface area contributed by atoms with Gasteiger partial charge in [-0.15, -0.1) is 0 Å². The van der Waals surface area contributed by atoms with E-state index in [0.29, 0.717) is 22.8 Å². The monoisotopic (exact) mass is 420 g/mol. The molecule has 1 heterocycles. The van der Waals surface area contributed by atoms with E-state index < -0.39 is 0 Å². The van der Waals surface area contributed by atoms with E-state index in [9.17, 15) is 0 Å². The lowest BCUT2D eigenvalue weighted by molar-refractivity contribution is 0.268. The number of oxazole rings is 1. The zero-order valence-electron chi connectivity index (χ0n) is 19.4. The van der Waals surface area contributed by atoms with Gasteiger partial charge in [0.15, 0.2) is 11.5 Å². The smallest absolute Gasteiger partial charge is 0.230 e. The predicted molar refractivity (Wildman–Crippen MR) is 123 cm³/mol. The second-order valence-electron chi connectivity index (χ2n) is 9.24. The summed E-state index contributed by atoms with van der Waals surface area (Å²) in [5.74, 6) is 2.68. The average Bonchev–Trinajstić information content (AvgIpc) is 3.13. The van der Waals surface area contributed by atoms with Crippen molar-refractivity contribution in [1.82, 2.24) is 9.88 Å². The van der Waals surface area contributed by atoms with Gasteiger partial charge < -0.3 is 13.9 Å². The van der Waals surface area contributed by atoms with Crippen LogP contribution in [0, 0.1) is 12.3 Å². The molecule has 0 saturated heterocycles. The van der Waals surface area contributed by atoms with Crippen molar-refractivity contribution in [3.05, 3.63) is 65.5 Å². The van der Waals surface area contributed by atoms with Crippen molar-refractivity contribution in [2.24, 2.45) is 5.41 Å². The summed E-state index contributed by atoms with van der Waals surface area (Å²) in [6.07, 6.45) is 1.19. The van der Waals surface area contributed by atoms with Crippen LogP contribution in [0.1, 0.15) is 37.3 Å². The molecule has 0 bridgehead atoms. The molecule has 5 nitrogen and oxygen atoms in total. The number of para-hydroxylation sites is 1. The van der Waals surface area contributed by atoms with E-state index in [1.54, 1.807) is 14.2 Å². The molecule has 164 valence electrons. The summed E-state index contributed by atoms with van der Waals surface area (Å²) < 4.78 is 17.0. The molecular formula is C26H32N2O3. The normalized spacial score (nSPS) is 19.5. The Morgan fingerprint density at radius 1 is 1.03 bits per heavy atom. The van der Waals surface area contributed by atoms with E-state index in [2.05, 4.69) is 56.1 Å². The molecule has 1 aromatic heterocycles. The first kappa shape index (κ1) is 21.4. The number of benzene rings is 2. The number of aryl methyl sites for hydroxylation is 1. The fourth-order valence-corrected chi connectivity index (χ4v) is 4.84. The van der Waals surface area contributed by atoms with Gasteiger partial charge in [0.05, 0.1) is 25.5 Å². The zero-order valence-corrected chi connectivity index (χ0v) is 19.4. The van der Waals surface area contributed by atoms with Crippen LogP contribution < -0.4 is 9.47 Å². The topological polar surface area (TPSA) is 47.7 Å². The van der Waals surface area contributed by atoms with Crippen molar-refractivity contribution in [3.8, 4) is 23.0 Å². The molecule has 31 heavy (non-hydrogen) atoms. The standard InChI is InChI=1S/C26H32N2O3/c1-18-21(27-24(31-18)20-13-10-14-22(29-5)23(20)30-6)15-28(4)17-26(16-25(26,2)3)19-11-8-7-9-12-19/h7-14H,15-17H2,1-6H3. The van der Waals surface area contributed by atoms with E-state index in [0.717, 1.165) is 30.1 Å². The highest BCUT2D eigenvalue weighted by Gasteiger charge is 2.61. The summed E-state index contributed by atoms with van der Waals surface area (Å²) in [5.41, 5.74) is 3.64. The number of ether oxygens (including phenoxy) is 2. The van der Waals surface area contributed by atoms with Crippen LogP contribution in [0.25, 0.3) is 11.5 Å². The summed E-state index contributed by atoms with van der Waals surface area (Å²) in [5, 5.41) is 0. The maximum Gasteiger partial charge on any atom is 0.230 e. The van der Waals surface area contributed by atoms with Crippen molar-refractivity contribution in [2.75, 3.05) is 27.8 Å². The fraction of sp³-hybridized carbons (Fsp3) is 0.423. The van der Waals surface area contributed by atoms with E-state index in [1.807, 2.05) is 25.1 Å². The van der Waals surface area contributed by atoms with Crippen LogP contribution >= 0.6 is 0 Å². The van der Waals surface area contributed by atoms with Crippen LogP contribution in [0.2, 0.25) is 0 Å². The van der Waals surface area contributed by atoms with Gasteiger partial charge in [-0.25, -0.2) is 4.98 Å². The molecule has 1 saturated carbocycles. The van der Waals surface area contributed by atoms with Crippen LogP contribution in [-0.4, -0.2) is 37.7 Å². The highest BCUT2D eigenvalue weighted by Crippen LogP contribution is 2.64. The lowest BCUT2D eigenvalue weighted by Gasteiger charge is -2.27. The summed E-state index contributed by atoms with van der Waals surface area (Å²) >= 11 is 0. The molecule has 0 radical (unpaired) electrons. The van der Waals surface area contributed by atoms with Gasteiger partial charge >= 0.3 is 0 Å². The predicted octanol–water partition coefficient (Wildman–Crippen LogP) is 5.47. The van der Waals surface area contributed by atoms with Crippen molar-refractivity contribution >= 4 is 0 Å². The maximum atomic E-state index is 6.04. The summed E-state index contributed by atoms with van der Waals surface area (Å²) in [4.78, 5) is 7.18. The van der Waals surface area contributed by atoms with Crippen LogP contribution in [-0.2, 0) is 12.0 Å². The van der Waals surface area contributed by atoms with Gasteiger partial charge in [0.1, 0.15) is 5.76 Å². The largest absolute Gasteiger partial charge is 0.493 e. The molecule has 1 aliphatic rings. The first-order valence-electron chi connectivity index (χ1n) is 10.7. The van der Waals surface area contributed by atoms with Gasteiger partial charge in [-0.3, -0.25) is 4.90 Å². The van der Waals surface area contributed by atoms with Crippen LogP contribution in [0.15, 0.2) is 52.9 Å². The van der Waals surface area contributed by atoms with Crippen molar-refractivity contribution < 1.29 is 13.9 Å². The SMILES string of the molecule is COc1cccc(-c2nc(CN(C)CC3(c4ccccc4)CC3(C)C)c(C)o2)c1OC. The molecular weight excluding hydrogens is 388 g/mol. The second-order valence-corrected chi connectivity index (χ2v) is 9.24. The minimum atomic E-state index is 0.180. The summed E-state index contributed by atoms with van der Waals surface area (Å²) in [6, 6.07) is 16.6. The van der Waals surface area contributed by atoms with E-state index in [1.165, 1.54) is 12.0 Å². The molecule has 0 amide bonds. The highest BCUT2D eigenvalue weighted by atomic mass is 16.5. The molecule has 0 aliphatic heterocycles. The molecule has 1 unspecified atom stereocenters. The quantitative estimate of drug-likeness (QED) is 0.484. The third kappa shape index (κ3) is 3.83. The maximum absolute atomic E-state index is 6.04. The Kier molecular flexibility index (Phi) is 5.56. The van der Waals surface area contributed by atoms with Gasteiger partial charge in [-0.1, -0.05) is 50.2 Å². The molecule has 4 rings (SSSR count). The molecule has 1 aliphatic carbocycles. The lowest BCUT2D eigenvalue weighted by Crippen LogP contribution is -2.32. The fourth-order valence-electron chi connectivity index (χ4n) is 4.84. The Labute approximate surface area is 185 Å². The molecule has 1 atom stereocenters. The number of aromatic nitrogens is 1. The number of nitrogens with zero attached hydrogens (tertiary/aromatic N) is 2. The Morgan fingerprint density at radius 2 is 1.74 bits per heavy atom. The average molecular weight is 421 g/mol. The Balaban J connectivity index is 1.56. The van der Waals surface area contributed by atoms with Crippen molar-refractivity contribution in [1.29, 1.82) is 0 Å². The van der Waals surface area contributed by atoms with Gasteiger partial charge in [0.25, 0.3) is 0 Å². The number of methoxy groups -OCH3 is 2. The first-order chi connectivity index (χ1) is 14.8. The van der Waals surface area contributed by atoms with Crippen LogP contribution in [0.4, 0.5) is 0 Å². The highest BCUT2D eigenvalue weighted by molar-refractivity contribution is 5.68. The Morgan fingerprint density at radius 3 is 2.35 bits per heavy atom. The summed E-state index contributed by atoms with van der Waals surface area (Å²) in [6.45, 7) is 8.41. The molecule has 0 spiro atoms. The lowest BCUT2D eigenvalue weighted by atomic mass is 9.87. The first-order valence-corrected chi connectivity index (χ1v) is 10.7. The summed E-state index contributed by atoms with van der Waals surface area (Å²) in [7, 11) is 5.43. The van der Waals surface area contributed by atoms with Gasteiger partial charge in [0.2, 0.25) is 5.89 Å². The molecule has 3 aromatic rings. The number of hydrogen-bond donors (Lipinski definition) is 0. The van der Waals surface area contributed by atoms with Crippen LogP contribution in [0.3, 0.4) is 0 Å². The van der Waals surface area contributed by atoms with E-state index >= 15 is 0 Å². The zero-order chi connectivity index (χ0) is 22.2. The second kappa shape index (κ2) is 8.04. The number of likely N-dealkylation sites (N-methyl/N-ethyl adjacent to an activating group) is 1. The van der Waals surface area contributed by atoms with Gasteiger partial charge in [0, 0.05) is 18.5 Å². The Bertz CT molecular complexity index is 1060. The van der Waals surface area contributed by atoms with E-state index in [4.69, 9.17) is 18.9 Å². The minimum Gasteiger partial charge on any atom is -0.493 e. The van der Waals surface area contributed by atoms with Crippen molar-refractivity contribution in [2.45, 2.75) is 39.2 Å². The number of rotatable bonds is 8. The minimum absolute atomic E-state index is 0.180. The molecule has 1 fully saturated rings. The molecule has 5 heteroatoms. The van der Waals surface area contributed by atoms with Crippen LogP contribution in [0.5, 0.6) is 11.5 Å². The number of hydrogen-bond acceptors (Lipinski definition) is 5. The molecule has 2 aromatic carbocycles. The molecule has 0 N–H and O–H groups in total. The van der Waals surface area contributed by atoms with Gasteiger partial charge in [-0.2, -0.15) is 0 Å². The third-order valence-corrected chi connectivity index (χ3v) is 6.73. The van der Waals surface area contributed by atoms with Crippen molar-refractivity contribution in [3.63, 3.8) is 0 Å². The van der Waals surface area contributed by atoms with E-state index in [-0.39, 0.29) is 5.41 Å². The van der Waals surface area contributed by atoms with Gasteiger partial charge in [-0.05, 0) is 43.5 Å². The third-order valence-electron chi connectivity index (χ3n) is 6.73. The Hall–Kier alpha value is -2.79.